The zero-order chi connectivity index (χ0) is 18.1. The van der Waals surface area contributed by atoms with Crippen LogP contribution >= 0.6 is 0 Å². The molecule has 4 heteroatoms. The van der Waals surface area contributed by atoms with E-state index in [0.29, 0.717) is 11.3 Å². The van der Waals surface area contributed by atoms with Gasteiger partial charge in [0.05, 0.1) is 24.2 Å². The predicted octanol–water partition coefficient (Wildman–Crippen LogP) is 4.71. The zero-order valence-electron chi connectivity index (χ0n) is 15.1. The Balaban J connectivity index is 1.80. The Morgan fingerprint density at radius 3 is 2.85 bits per heavy atom. The molecule has 0 bridgehead atoms. The van der Waals surface area contributed by atoms with Gasteiger partial charge in [-0.3, -0.25) is 4.79 Å². The molecule has 1 fully saturated rings. The number of rotatable bonds is 4. The van der Waals surface area contributed by atoms with Gasteiger partial charge in [0.15, 0.2) is 6.29 Å². The highest BCUT2D eigenvalue weighted by molar-refractivity contribution is 5.84. The van der Waals surface area contributed by atoms with Crippen molar-refractivity contribution >= 4 is 23.0 Å². The lowest BCUT2D eigenvalue weighted by Gasteiger charge is -2.28. The standard InChI is InChI=1S/C22H22N2O2/c1-15-13-21(23-19-10-4-3-8-17(15)19)24-12-6-11-20(24)18-9-5-7-16(14-25)22(18)26-2/h3-5,7-10,13-14,20H,6,11-12H2,1-2H3/t20-/m0/s1. The van der Waals surface area contributed by atoms with E-state index in [0.717, 1.165) is 42.6 Å². The van der Waals surface area contributed by atoms with Crippen LogP contribution < -0.4 is 9.64 Å². The van der Waals surface area contributed by atoms with E-state index in [-0.39, 0.29) is 6.04 Å². The second kappa shape index (κ2) is 6.79. The van der Waals surface area contributed by atoms with Crippen molar-refractivity contribution in [2.75, 3.05) is 18.6 Å². The average molecular weight is 346 g/mol. The molecule has 3 aromatic rings. The minimum absolute atomic E-state index is 0.165. The molecule has 0 amide bonds. The summed E-state index contributed by atoms with van der Waals surface area (Å²) in [6.45, 7) is 3.08. The monoisotopic (exact) mass is 346 g/mol. The van der Waals surface area contributed by atoms with Crippen LogP contribution in [0.25, 0.3) is 10.9 Å². The average Bonchev–Trinajstić information content (AvgIpc) is 3.17. The summed E-state index contributed by atoms with van der Waals surface area (Å²) in [7, 11) is 1.63. The van der Waals surface area contributed by atoms with E-state index in [9.17, 15) is 4.79 Å². The molecule has 1 atom stereocenters. The third-order valence-corrected chi connectivity index (χ3v) is 5.22. The number of para-hydroxylation sites is 2. The van der Waals surface area contributed by atoms with Crippen LogP contribution in [0.2, 0.25) is 0 Å². The summed E-state index contributed by atoms with van der Waals surface area (Å²) in [4.78, 5) is 18.6. The van der Waals surface area contributed by atoms with E-state index < -0.39 is 0 Å². The topological polar surface area (TPSA) is 42.4 Å². The normalized spacial score (nSPS) is 16.8. The number of aromatic nitrogens is 1. The number of pyridine rings is 1. The molecule has 4 rings (SSSR count). The largest absolute Gasteiger partial charge is 0.496 e. The highest BCUT2D eigenvalue weighted by atomic mass is 16.5. The number of carbonyl (C=O) groups excluding carboxylic acids is 1. The van der Waals surface area contributed by atoms with Gasteiger partial charge in [0.25, 0.3) is 0 Å². The van der Waals surface area contributed by atoms with Crippen LogP contribution in [0.1, 0.15) is 40.4 Å². The maximum absolute atomic E-state index is 11.4. The number of aryl methyl sites for hydroxylation is 1. The van der Waals surface area contributed by atoms with Crippen LogP contribution in [0.4, 0.5) is 5.82 Å². The number of carbonyl (C=O) groups is 1. The van der Waals surface area contributed by atoms with Crippen molar-refractivity contribution in [3.05, 3.63) is 65.2 Å². The Bertz CT molecular complexity index is 968. The Morgan fingerprint density at radius 2 is 2.04 bits per heavy atom. The van der Waals surface area contributed by atoms with Crippen molar-refractivity contribution in [1.82, 2.24) is 4.98 Å². The van der Waals surface area contributed by atoms with Gasteiger partial charge < -0.3 is 9.64 Å². The number of ether oxygens (including phenoxy) is 1. The molecule has 0 aliphatic carbocycles. The Morgan fingerprint density at radius 1 is 1.19 bits per heavy atom. The lowest BCUT2D eigenvalue weighted by atomic mass is 10.00. The maximum atomic E-state index is 11.4. The van der Waals surface area contributed by atoms with Crippen molar-refractivity contribution in [2.24, 2.45) is 0 Å². The van der Waals surface area contributed by atoms with Gasteiger partial charge in [0.2, 0.25) is 0 Å². The molecule has 0 saturated carbocycles. The lowest BCUT2D eigenvalue weighted by molar-refractivity contribution is 0.112. The number of nitrogens with zero attached hydrogens (tertiary/aromatic N) is 2. The van der Waals surface area contributed by atoms with Crippen molar-refractivity contribution < 1.29 is 9.53 Å². The Labute approximate surface area is 153 Å². The third-order valence-electron chi connectivity index (χ3n) is 5.22. The van der Waals surface area contributed by atoms with E-state index >= 15 is 0 Å². The van der Waals surface area contributed by atoms with Gasteiger partial charge in [-0.15, -0.1) is 0 Å². The van der Waals surface area contributed by atoms with Crippen LogP contribution in [-0.4, -0.2) is 24.9 Å². The Hall–Kier alpha value is -2.88. The first-order valence-corrected chi connectivity index (χ1v) is 8.98. The van der Waals surface area contributed by atoms with E-state index in [4.69, 9.17) is 9.72 Å². The van der Waals surface area contributed by atoms with Gasteiger partial charge in [0.1, 0.15) is 11.6 Å². The zero-order valence-corrected chi connectivity index (χ0v) is 15.1. The van der Waals surface area contributed by atoms with Gasteiger partial charge in [-0.2, -0.15) is 0 Å². The summed E-state index contributed by atoms with van der Waals surface area (Å²) in [5.41, 5.74) is 3.90. The summed E-state index contributed by atoms with van der Waals surface area (Å²) in [6.07, 6.45) is 2.97. The molecule has 0 N–H and O–H groups in total. The Kier molecular flexibility index (Phi) is 4.33. The fourth-order valence-corrected chi connectivity index (χ4v) is 4.01. The van der Waals surface area contributed by atoms with Gasteiger partial charge in [-0.05, 0) is 43.5 Å². The van der Waals surface area contributed by atoms with Crippen LogP contribution in [0.15, 0.2) is 48.5 Å². The fraction of sp³-hybridized carbons (Fsp3) is 0.273. The number of hydrogen-bond donors (Lipinski definition) is 0. The van der Waals surface area contributed by atoms with Crippen LogP contribution in [0.5, 0.6) is 5.75 Å². The third kappa shape index (κ3) is 2.71. The number of methoxy groups -OCH3 is 1. The van der Waals surface area contributed by atoms with Crippen molar-refractivity contribution in [2.45, 2.75) is 25.8 Å². The molecule has 1 aromatic heterocycles. The quantitative estimate of drug-likeness (QED) is 0.642. The SMILES string of the molecule is COc1c(C=O)cccc1[C@@H]1CCCN1c1cc(C)c2ccccc2n1. The highest BCUT2D eigenvalue weighted by Crippen LogP contribution is 2.41. The molecule has 132 valence electrons. The van der Waals surface area contributed by atoms with Crippen LogP contribution in [0, 0.1) is 6.92 Å². The molecule has 1 aliphatic rings. The summed E-state index contributed by atoms with van der Waals surface area (Å²) in [6, 6.07) is 16.4. The van der Waals surface area contributed by atoms with E-state index in [1.165, 1.54) is 10.9 Å². The molecule has 1 saturated heterocycles. The van der Waals surface area contributed by atoms with Crippen molar-refractivity contribution in [1.29, 1.82) is 0 Å². The number of hydrogen-bond acceptors (Lipinski definition) is 4. The molecule has 1 aliphatic heterocycles. The molecular formula is C22H22N2O2. The molecule has 2 heterocycles. The van der Waals surface area contributed by atoms with Crippen LogP contribution in [0.3, 0.4) is 0 Å². The van der Waals surface area contributed by atoms with Crippen molar-refractivity contribution in [3.63, 3.8) is 0 Å². The number of benzene rings is 2. The van der Waals surface area contributed by atoms with Crippen LogP contribution in [-0.2, 0) is 0 Å². The maximum Gasteiger partial charge on any atom is 0.153 e. The van der Waals surface area contributed by atoms with Gasteiger partial charge in [-0.1, -0.05) is 30.3 Å². The summed E-state index contributed by atoms with van der Waals surface area (Å²) < 4.78 is 5.58. The van der Waals surface area contributed by atoms with E-state index in [2.05, 4.69) is 36.1 Å². The van der Waals surface area contributed by atoms with Gasteiger partial charge in [-0.25, -0.2) is 4.98 Å². The second-order valence-electron chi connectivity index (χ2n) is 6.75. The first-order valence-electron chi connectivity index (χ1n) is 8.98. The first kappa shape index (κ1) is 16.6. The second-order valence-corrected chi connectivity index (χ2v) is 6.75. The van der Waals surface area contributed by atoms with E-state index in [1.807, 2.05) is 18.2 Å². The first-order chi connectivity index (χ1) is 12.7. The van der Waals surface area contributed by atoms with Gasteiger partial charge in [0, 0.05) is 17.5 Å². The smallest absolute Gasteiger partial charge is 0.153 e. The molecular weight excluding hydrogens is 324 g/mol. The number of aldehydes is 1. The minimum atomic E-state index is 0.165. The molecule has 0 unspecified atom stereocenters. The summed E-state index contributed by atoms with van der Waals surface area (Å²) >= 11 is 0. The predicted molar refractivity (Wildman–Crippen MR) is 104 cm³/mol. The lowest BCUT2D eigenvalue weighted by Crippen LogP contribution is -2.24. The molecule has 26 heavy (non-hydrogen) atoms. The minimum Gasteiger partial charge on any atom is -0.496 e. The molecule has 4 nitrogen and oxygen atoms in total. The molecule has 0 radical (unpaired) electrons. The summed E-state index contributed by atoms with van der Waals surface area (Å²) in [5.74, 6) is 1.67. The fourth-order valence-electron chi connectivity index (χ4n) is 4.01. The van der Waals surface area contributed by atoms with Crippen molar-refractivity contribution in [3.8, 4) is 5.75 Å². The highest BCUT2D eigenvalue weighted by Gasteiger charge is 2.30. The van der Waals surface area contributed by atoms with Gasteiger partial charge >= 0.3 is 0 Å². The number of fused-ring (bicyclic) bond motifs is 1. The summed E-state index contributed by atoms with van der Waals surface area (Å²) in [5, 5.41) is 1.19. The van der Waals surface area contributed by atoms with E-state index in [1.54, 1.807) is 13.2 Å². The molecule has 2 aromatic carbocycles. The number of anilines is 1. The molecule has 0 spiro atoms.